The number of aromatic hydroxyl groups is 2. The number of phenolic OH excluding ortho intramolecular Hbond substituents is 2. The van der Waals surface area contributed by atoms with Gasteiger partial charge in [0.2, 0.25) is 0 Å². The Balaban J connectivity index is 0.000000204. The summed E-state index contributed by atoms with van der Waals surface area (Å²) in [5, 5.41) is 17.3. The molecule has 0 saturated carbocycles. The number of hydrogen-bond acceptors (Lipinski definition) is 3. The van der Waals surface area contributed by atoms with E-state index in [2.05, 4.69) is 0 Å². The Bertz CT molecular complexity index is 629. The van der Waals surface area contributed by atoms with E-state index in [4.69, 9.17) is 10.2 Å². The first-order chi connectivity index (χ1) is 9.35. The van der Waals surface area contributed by atoms with Gasteiger partial charge in [-0.25, -0.2) is 17.6 Å². The van der Waals surface area contributed by atoms with Crippen molar-refractivity contribution in [1.29, 1.82) is 0 Å². The second kappa shape index (κ2) is 6.55. The van der Waals surface area contributed by atoms with Gasteiger partial charge in [-0.15, -0.1) is 0 Å². The molecule has 2 rings (SSSR count). The minimum atomic E-state index is -1.13. The molecule has 0 aliphatic carbocycles. The summed E-state index contributed by atoms with van der Waals surface area (Å²) in [6.45, 7) is 0. The van der Waals surface area contributed by atoms with Crippen LogP contribution in [0.5, 0.6) is 11.5 Å². The lowest BCUT2D eigenvalue weighted by molar-refractivity contribution is 0.111. The molecule has 0 heterocycles. The first kappa shape index (κ1) is 15.5. The van der Waals surface area contributed by atoms with E-state index in [0.29, 0.717) is 12.1 Å². The highest BCUT2D eigenvalue weighted by atomic mass is 19.1. The number of carbonyl (C=O) groups is 1. The quantitative estimate of drug-likeness (QED) is 0.626. The number of benzene rings is 2. The van der Waals surface area contributed by atoms with Crippen LogP contribution in [0.15, 0.2) is 30.3 Å². The van der Waals surface area contributed by atoms with Crippen LogP contribution in [0.1, 0.15) is 10.4 Å². The summed E-state index contributed by atoms with van der Waals surface area (Å²) >= 11 is 0. The number of rotatable bonds is 1. The van der Waals surface area contributed by atoms with Crippen LogP contribution >= 0.6 is 0 Å². The molecule has 20 heavy (non-hydrogen) atoms. The van der Waals surface area contributed by atoms with Crippen LogP contribution < -0.4 is 0 Å². The van der Waals surface area contributed by atoms with Crippen molar-refractivity contribution in [2.75, 3.05) is 0 Å². The molecule has 106 valence electrons. The van der Waals surface area contributed by atoms with Crippen molar-refractivity contribution in [2.45, 2.75) is 0 Å². The third-order valence-electron chi connectivity index (χ3n) is 2.09. The van der Waals surface area contributed by atoms with Crippen molar-refractivity contribution in [1.82, 2.24) is 0 Å². The van der Waals surface area contributed by atoms with E-state index in [1.807, 2.05) is 0 Å². The third kappa shape index (κ3) is 3.98. The van der Waals surface area contributed by atoms with Crippen molar-refractivity contribution in [3.63, 3.8) is 0 Å². The van der Waals surface area contributed by atoms with Gasteiger partial charge in [0, 0.05) is 12.1 Å². The van der Waals surface area contributed by atoms with Crippen molar-refractivity contribution in [3.05, 3.63) is 59.2 Å². The minimum absolute atomic E-state index is 0.182. The van der Waals surface area contributed by atoms with Crippen molar-refractivity contribution < 1.29 is 32.6 Å². The Morgan fingerprint density at radius 1 is 0.850 bits per heavy atom. The number of carbonyl (C=O) groups excluding carboxylic acids is 1. The van der Waals surface area contributed by atoms with Crippen LogP contribution in [0, 0.1) is 23.3 Å². The second-order valence-electron chi connectivity index (χ2n) is 3.54. The molecule has 2 N–H and O–H groups in total. The molecule has 3 nitrogen and oxygen atoms in total. The summed E-state index contributed by atoms with van der Waals surface area (Å²) in [5.41, 5.74) is -0.387. The second-order valence-corrected chi connectivity index (χ2v) is 3.54. The average Bonchev–Trinajstić information content (AvgIpc) is 2.39. The number of halogens is 4. The summed E-state index contributed by atoms with van der Waals surface area (Å²) < 4.78 is 48.7. The van der Waals surface area contributed by atoms with Crippen LogP contribution in [-0.2, 0) is 0 Å². The van der Waals surface area contributed by atoms with Gasteiger partial charge in [-0.3, -0.25) is 4.79 Å². The number of phenols is 2. The lowest BCUT2D eigenvalue weighted by Gasteiger charge is -1.97. The highest BCUT2D eigenvalue weighted by molar-refractivity contribution is 5.79. The van der Waals surface area contributed by atoms with E-state index in [9.17, 15) is 22.4 Å². The summed E-state index contributed by atoms with van der Waals surface area (Å²) in [6.07, 6.45) is 0.182. The molecular formula is C13H8F4O3. The Labute approximate surface area is 110 Å². The highest BCUT2D eigenvalue weighted by Gasteiger charge is 2.08. The molecule has 0 unspecified atom stereocenters. The average molecular weight is 288 g/mol. The van der Waals surface area contributed by atoms with Crippen molar-refractivity contribution >= 4 is 6.29 Å². The zero-order valence-electron chi connectivity index (χ0n) is 9.78. The van der Waals surface area contributed by atoms with E-state index >= 15 is 0 Å². The van der Waals surface area contributed by atoms with Gasteiger partial charge in [0.25, 0.3) is 0 Å². The molecule has 2 aromatic carbocycles. The van der Waals surface area contributed by atoms with Crippen LogP contribution in [0.25, 0.3) is 0 Å². The van der Waals surface area contributed by atoms with Gasteiger partial charge in [0.15, 0.2) is 29.4 Å². The Kier molecular flexibility index (Phi) is 5.08. The SMILES string of the molecule is O=Cc1cc(F)cc(F)c1O.Oc1ccc(F)cc1F. The Morgan fingerprint density at radius 3 is 1.95 bits per heavy atom. The molecule has 2 aromatic rings. The molecule has 0 amide bonds. The molecule has 0 spiro atoms. The maximum atomic E-state index is 12.4. The summed E-state index contributed by atoms with van der Waals surface area (Å²) in [7, 11) is 0. The zero-order chi connectivity index (χ0) is 15.3. The largest absolute Gasteiger partial charge is 0.505 e. The van der Waals surface area contributed by atoms with E-state index in [0.717, 1.165) is 18.2 Å². The van der Waals surface area contributed by atoms with Gasteiger partial charge in [-0.2, -0.15) is 0 Å². The smallest absolute Gasteiger partial charge is 0.168 e. The van der Waals surface area contributed by atoms with Gasteiger partial charge >= 0.3 is 0 Å². The molecule has 7 heteroatoms. The summed E-state index contributed by atoms with van der Waals surface area (Å²) in [6, 6.07) is 3.83. The van der Waals surface area contributed by atoms with Crippen molar-refractivity contribution in [2.24, 2.45) is 0 Å². The Morgan fingerprint density at radius 2 is 1.45 bits per heavy atom. The van der Waals surface area contributed by atoms with Crippen LogP contribution in [0.4, 0.5) is 17.6 Å². The fourth-order valence-corrected chi connectivity index (χ4v) is 1.16. The summed E-state index contributed by atoms with van der Waals surface area (Å²) in [4.78, 5) is 10.0. The van der Waals surface area contributed by atoms with Gasteiger partial charge in [0.05, 0.1) is 5.56 Å². The van der Waals surface area contributed by atoms with E-state index < -0.39 is 34.8 Å². The minimum Gasteiger partial charge on any atom is -0.505 e. The summed E-state index contributed by atoms with van der Waals surface area (Å²) in [5.74, 6) is -4.99. The van der Waals surface area contributed by atoms with Crippen LogP contribution in [-0.4, -0.2) is 16.5 Å². The molecule has 0 aliphatic heterocycles. The van der Waals surface area contributed by atoms with E-state index in [-0.39, 0.29) is 11.8 Å². The van der Waals surface area contributed by atoms with Crippen LogP contribution in [0.2, 0.25) is 0 Å². The molecular weight excluding hydrogens is 280 g/mol. The first-order valence-corrected chi connectivity index (χ1v) is 5.12. The van der Waals surface area contributed by atoms with E-state index in [1.165, 1.54) is 0 Å². The van der Waals surface area contributed by atoms with Gasteiger partial charge < -0.3 is 10.2 Å². The van der Waals surface area contributed by atoms with Gasteiger partial charge in [0.1, 0.15) is 11.6 Å². The fourth-order valence-electron chi connectivity index (χ4n) is 1.16. The van der Waals surface area contributed by atoms with Gasteiger partial charge in [-0.05, 0) is 18.2 Å². The maximum absolute atomic E-state index is 12.4. The lowest BCUT2D eigenvalue weighted by Crippen LogP contribution is -1.87. The normalized spacial score (nSPS) is 9.60. The topological polar surface area (TPSA) is 57.5 Å². The molecule has 0 aromatic heterocycles. The Hall–Kier alpha value is -2.57. The predicted octanol–water partition coefficient (Wildman–Crippen LogP) is 3.15. The third-order valence-corrected chi connectivity index (χ3v) is 2.09. The highest BCUT2D eigenvalue weighted by Crippen LogP contribution is 2.20. The monoisotopic (exact) mass is 288 g/mol. The maximum Gasteiger partial charge on any atom is 0.168 e. The lowest BCUT2D eigenvalue weighted by atomic mass is 10.2. The number of aldehydes is 1. The molecule has 0 atom stereocenters. The molecule has 0 radical (unpaired) electrons. The molecule has 0 saturated heterocycles. The van der Waals surface area contributed by atoms with E-state index in [1.54, 1.807) is 0 Å². The van der Waals surface area contributed by atoms with Gasteiger partial charge in [-0.1, -0.05) is 0 Å². The fraction of sp³-hybridized carbons (Fsp3) is 0. The predicted molar refractivity (Wildman–Crippen MR) is 61.4 cm³/mol. The molecule has 0 bridgehead atoms. The molecule has 0 fully saturated rings. The number of hydrogen-bond donors (Lipinski definition) is 2. The van der Waals surface area contributed by atoms with Crippen LogP contribution in [0.3, 0.4) is 0 Å². The molecule has 0 aliphatic rings. The first-order valence-electron chi connectivity index (χ1n) is 5.12. The van der Waals surface area contributed by atoms with Crippen molar-refractivity contribution in [3.8, 4) is 11.5 Å². The standard InChI is InChI=1S/C7H4F2O2.C6H4F2O/c8-5-1-4(3-10)7(11)6(9)2-5;7-4-1-2-6(9)5(8)3-4/h1-3,11H;1-3,9H. The zero-order valence-corrected chi connectivity index (χ0v) is 9.78.